The molecule has 0 radical (unpaired) electrons. The van der Waals surface area contributed by atoms with Gasteiger partial charge in [0.25, 0.3) is 0 Å². The summed E-state index contributed by atoms with van der Waals surface area (Å²) in [6, 6.07) is 0.427. The number of β-amino-alcohol motifs (C(OH)–C–C–N with tert-alkyl or cyclic N) is 1. The third-order valence-corrected chi connectivity index (χ3v) is 3.05. The molecule has 3 atom stereocenters. The highest BCUT2D eigenvalue weighted by Gasteiger charge is 2.37. The van der Waals surface area contributed by atoms with E-state index in [0.717, 1.165) is 13.0 Å². The van der Waals surface area contributed by atoms with E-state index in [0.29, 0.717) is 18.5 Å². The largest absolute Gasteiger partial charge is 0.467 e. The Morgan fingerprint density at radius 1 is 1.60 bits per heavy atom. The van der Waals surface area contributed by atoms with Crippen LogP contribution in [0.5, 0.6) is 0 Å². The Balaban J connectivity index is 2.57. The van der Waals surface area contributed by atoms with Crippen LogP contribution in [0.15, 0.2) is 0 Å². The highest BCUT2D eigenvalue weighted by atomic mass is 16.5. The molecule has 0 aromatic carbocycles. The number of carbonyl (C=O) groups excluding carboxylic acids is 1. The summed E-state index contributed by atoms with van der Waals surface area (Å²) in [5, 5.41) is 9.93. The lowest BCUT2D eigenvalue weighted by Crippen LogP contribution is -2.48. The van der Waals surface area contributed by atoms with E-state index in [-0.39, 0.29) is 0 Å². The summed E-state index contributed by atoms with van der Waals surface area (Å²) in [4.78, 5) is 13.5. The minimum atomic E-state index is -1.40. The topological polar surface area (TPSA) is 49.8 Å². The molecule has 0 saturated carbocycles. The van der Waals surface area contributed by atoms with Crippen LogP contribution in [0.25, 0.3) is 0 Å². The SMILES string of the molecule is COC(=O)C(C)(O)CN1CC(C)CC1C. The van der Waals surface area contributed by atoms with Crippen LogP contribution >= 0.6 is 0 Å². The molecule has 0 aliphatic carbocycles. The van der Waals surface area contributed by atoms with Gasteiger partial charge in [-0.1, -0.05) is 6.92 Å². The maximum atomic E-state index is 11.3. The fraction of sp³-hybridized carbons (Fsp3) is 0.909. The summed E-state index contributed by atoms with van der Waals surface area (Å²) in [6.07, 6.45) is 1.12. The van der Waals surface area contributed by atoms with Gasteiger partial charge >= 0.3 is 5.97 Å². The molecule has 15 heavy (non-hydrogen) atoms. The van der Waals surface area contributed by atoms with Crippen molar-refractivity contribution in [3.05, 3.63) is 0 Å². The van der Waals surface area contributed by atoms with Gasteiger partial charge in [0.15, 0.2) is 5.60 Å². The number of hydrogen-bond acceptors (Lipinski definition) is 4. The summed E-state index contributed by atoms with van der Waals surface area (Å²) in [6.45, 7) is 7.11. The lowest BCUT2D eigenvalue weighted by atomic mass is 10.1. The molecule has 0 aromatic heterocycles. The van der Waals surface area contributed by atoms with Crippen molar-refractivity contribution in [1.29, 1.82) is 0 Å². The van der Waals surface area contributed by atoms with Crippen molar-refractivity contribution in [2.24, 2.45) is 5.92 Å². The van der Waals surface area contributed by atoms with Gasteiger partial charge in [0.05, 0.1) is 7.11 Å². The summed E-state index contributed by atoms with van der Waals surface area (Å²) < 4.78 is 4.57. The maximum absolute atomic E-state index is 11.3. The molecule has 1 fully saturated rings. The van der Waals surface area contributed by atoms with Crippen molar-refractivity contribution in [2.75, 3.05) is 20.2 Å². The molecule has 0 aromatic rings. The Labute approximate surface area is 91.2 Å². The van der Waals surface area contributed by atoms with Gasteiger partial charge in [-0.2, -0.15) is 0 Å². The first kappa shape index (κ1) is 12.5. The molecule has 4 heteroatoms. The minimum Gasteiger partial charge on any atom is -0.467 e. The molecule has 1 aliphatic rings. The van der Waals surface area contributed by atoms with E-state index in [2.05, 4.69) is 23.5 Å². The predicted molar refractivity (Wildman–Crippen MR) is 57.5 cm³/mol. The van der Waals surface area contributed by atoms with Crippen LogP contribution in [-0.4, -0.2) is 47.8 Å². The Hall–Kier alpha value is -0.610. The normalized spacial score (nSPS) is 31.3. The molecular formula is C11H21NO3. The summed E-state index contributed by atoms with van der Waals surface area (Å²) in [5.74, 6) is 0.0719. The quantitative estimate of drug-likeness (QED) is 0.702. The number of aliphatic hydroxyl groups is 1. The molecular weight excluding hydrogens is 194 g/mol. The Morgan fingerprint density at radius 2 is 2.20 bits per heavy atom. The zero-order valence-electron chi connectivity index (χ0n) is 9.99. The van der Waals surface area contributed by atoms with Crippen molar-refractivity contribution in [2.45, 2.75) is 38.8 Å². The summed E-state index contributed by atoms with van der Waals surface area (Å²) >= 11 is 0. The van der Waals surface area contributed by atoms with E-state index < -0.39 is 11.6 Å². The van der Waals surface area contributed by atoms with Gasteiger partial charge in [0.1, 0.15) is 0 Å². The first-order chi connectivity index (χ1) is 6.86. The second kappa shape index (κ2) is 4.49. The van der Waals surface area contributed by atoms with Crippen LogP contribution in [0, 0.1) is 5.92 Å². The van der Waals surface area contributed by atoms with E-state index in [9.17, 15) is 9.90 Å². The third-order valence-electron chi connectivity index (χ3n) is 3.05. The number of rotatable bonds is 3. The van der Waals surface area contributed by atoms with Crippen LogP contribution in [0.2, 0.25) is 0 Å². The molecule has 1 rings (SSSR count). The molecule has 0 spiro atoms. The molecule has 0 amide bonds. The van der Waals surface area contributed by atoms with Crippen LogP contribution in [0.4, 0.5) is 0 Å². The zero-order chi connectivity index (χ0) is 11.6. The molecule has 1 saturated heterocycles. The Kier molecular flexibility index (Phi) is 3.73. The monoisotopic (exact) mass is 215 g/mol. The number of methoxy groups -OCH3 is 1. The predicted octanol–water partition coefficient (Wildman–Crippen LogP) is 0.641. The maximum Gasteiger partial charge on any atom is 0.338 e. The standard InChI is InChI=1S/C11H21NO3/c1-8-5-9(2)12(6-8)7-11(3,14)10(13)15-4/h8-9,14H,5-7H2,1-4H3. The van der Waals surface area contributed by atoms with Crippen molar-refractivity contribution in [1.82, 2.24) is 4.90 Å². The van der Waals surface area contributed by atoms with Crippen molar-refractivity contribution in [3.8, 4) is 0 Å². The lowest BCUT2D eigenvalue weighted by molar-refractivity contribution is -0.162. The molecule has 1 heterocycles. The molecule has 0 bridgehead atoms. The number of esters is 1. The van der Waals surface area contributed by atoms with Crippen molar-refractivity contribution < 1.29 is 14.6 Å². The van der Waals surface area contributed by atoms with E-state index in [1.165, 1.54) is 14.0 Å². The van der Waals surface area contributed by atoms with E-state index >= 15 is 0 Å². The van der Waals surface area contributed by atoms with Gasteiger partial charge in [-0.25, -0.2) is 4.79 Å². The second-order valence-electron chi connectivity index (χ2n) is 4.88. The van der Waals surface area contributed by atoms with Gasteiger partial charge in [-0.3, -0.25) is 4.90 Å². The minimum absolute atomic E-state index is 0.352. The highest BCUT2D eigenvalue weighted by molar-refractivity contribution is 5.78. The van der Waals surface area contributed by atoms with E-state index in [1.807, 2.05) is 0 Å². The van der Waals surface area contributed by atoms with Gasteiger partial charge in [-0.05, 0) is 26.2 Å². The lowest BCUT2D eigenvalue weighted by Gasteiger charge is -2.29. The molecule has 1 aliphatic heterocycles. The van der Waals surface area contributed by atoms with Crippen LogP contribution in [-0.2, 0) is 9.53 Å². The molecule has 3 unspecified atom stereocenters. The van der Waals surface area contributed by atoms with Crippen LogP contribution in [0.3, 0.4) is 0 Å². The second-order valence-corrected chi connectivity index (χ2v) is 4.88. The molecule has 1 N–H and O–H groups in total. The average Bonchev–Trinajstić information content (AvgIpc) is 2.43. The molecule has 4 nitrogen and oxygen atoms in total. The smallest absolute Gasteiger partial charge is 0.338 e. The van der Waals surface area contributed by atoms with Crippen molar-refractivity contribution >= 4 is 5.97 Å². The first-order valence-corrected chi connectivity index (χ1v) is 5.41. The van der Waals surface area contributed by atoms with Gasteiger partial charge < -0.3 is 9.84 Å². The fourth-order valence-corrected chi connectivity index (χ4v) is 2.29. The van der Waals surface area contributed by atoms with E-state index in [1.54, 1.807) is 0 Å². The summed E-state index contributed by atoms with van der Waals surface area (Å²) in [5.41, 5.74) is -1.40. The number of ether oxygens (including phenoxy) is 1. The van der Waals surface area contributed by atoms with Gasteiger partial charge in [-0.15, -0.1) is 0 Å². The first-order valence-electron chi connectivity index (χ1n) is 5.41. The molecule has 88 valence electrons. The van der Waals surface area contributed by atoms with Gasteiger partial charge in [0.2, 0.25) is 0 Å². The number of carbonyl (C=O) groups is 1. The number of likely N-dealkylation sites (tertiary alicyclic amines) is 1. The number of hydrogen-bond donors (Lipinski definition) is 1. The van der Waals surface area contributed by atoms with Crippen molar-refractivity contribution in [3.63, 3.8) is 0 Å². The van der Waals surface area contributed by atoms with Crippen LogP contribution in [0.1, 0.15) is 27.2 Å². The third kappa shape index (κ3) is 2.92. The highest BCUT2D eigenvalue weighted by Crippen LogP contribution is 2.24. The van der Waals surface area contributed by atoms with E-state index in [4.69, 9.17) is 0 Å². The van der Waals surface area contributed by atoms with Crippen LogP contribution < -0.4 is 0 Å². The number of nitrogens with zero attached hydrogens (tertiary/aromatic N) is 1. The zero-order valence-corrected chi connectivity index (χ0v) is 9.99. The average molecular weight is 215 g/mol. The Bertz CT molecular complexity index is 240. The summed E-state index contributed by atoms with van der Waals surface area (Å²) in [7, 11) is 1.30. The van der Waals surface area contributed by atoms with Gasteiger partial charge in [0, 0.05) is 19.1 Å². The Morgan fingerprint density at radius 3 is 2.60 bits per heavy atom. The fourth-order valence-electron chi connectivity index (χ4n) is 2.29.